The zero-order chi connectivity index (χ0) is 13.8. The summed E-state index contributed by atoms with van der Waals surface area (Å²) in [6, 6.07) is 1.48. The van der Waals surface area contributed by atoms with Crippen LogP contribution in [0.4, 0.5) is 11.6 Å². The van der Waals surface area contributed by atoms with E-state index < -0.39 is 0 Å². The highest BCUT2D eigenvalue weighted by atomic mass is 16.5. The van der Waals surface area contributed by atoms with Gasteiger partial charge in [-0.3, -0.25) is 4.79 Å². The van der Waals surface area contributed by atoms with E-state index in [1.165, 1.54) is 12.3 Å². The first-order chi connectivity index (χ1) is 9.83. The summed E-state index contributed by atoms with van der Waals surface area (Å²) in [4.78, 5) is 22.2. The predicted octanol–water partition coefficient (Wildman–Crippen LogP) is 0.553. The van der Waals surface area contributed by atoms with Crippen LogP contribution in [0.2, 0.25) is 0 Å². The average Bonchev–Trinajstić information content (AvgIpc) is 3.03. The van der Waals surface area contributed by atoms with Gasteiger partial charge in [-0.1, -0.05) is 5.16 Å². The van der Waals surface area contributed by atoms with Crippen molar-refractivity contribution >= 4 is 17.5 Å². The van der Waals surface area contributed by atoms with Crippen molar-refractivity contribution in [1.82, 2.24) is 15.1 Å². The fraction of sp³-hybridized carbons (Fsp3) is 0.333. The van der Waals surface area contributed by atoms with Gasteiger partial charge in [0.05, 0.1) is 37.5 Å². The van der Waals surface area contributed by atoms with Gasteiger partial charge in [0.15, 0.2) is 0 Å². The Bertz CT molecular complexity index is 563. The van der Waals surface area contributed by atoms with Gasteiger partial charge in [-0.15, -0.1) is 0 Å². The van der Waals surface area contributed by atoms with E-state index in [1.807, 2.05) is 4.90 Å². The second-order valence-corrected chi connectivity index (χ2v) is 4.20. The molecule has 0 aliphatic carbocycles. The highest BCUT2D eigenvalue weighted by molar-refractivity contribution is 6.01. The van der Waals surface area contributed by atoms with Crippen molar-refractivity contribution in [2.75, 3.05) is 36.5 Å². The Labute approximate surface area is 114 Å². The molecule has 1 saturated heterocycles. The molecule has 0 saturated carbocycles. The first-order valence-corrected chi connectivity index (χ1v) is 6.20. The van der Waals surface area contributed by atoms with E-state index in [2.05, 4.69) is 20.4 Å². The van der Waals surface area contributed by atoms with E-state index in [4.69, 9.17) is 9.26 Å². The van der Waals surface area contributed by atoms with Crippen LogP contribution in [0, 0.1) is 0 Å². The summed E-state index contributed by atoms with van der Waals surface area (Å²) in [5.74, 6) is 0.387. The average molecular weight is 275 g/mol. The van der Waals surface area contributed by atoms with E-state index in [1.54, 1.807) is 12.4 Å². The number of hydrogen-bond donors (Lipinski definition) is 1. The number of nitrogens with one attached hydrogen (secondary N) is 1. The van der Waals surface area contributed by atoms with Crippen molar-refractivity contribution in [3.05, 3.63) is 30.4 Å². The van der Waals surface area contributed by atoms with Gasteiger partial charge < -0.3 is 19.5 Å². The summed E-state index contributed by atoms with van der Waals surface area (Å²) >= 11 is 0. The lowest BCUT2D eigenvalue weighted by Gasteiger charge is -2.26. The number of aromatic nitrogens is 3. The largest absolute Gasteiger partial charge is 0.378 e. The van der Waals surface area contributed by atoms with Crippen molar-refractivity contribution in [2.24, 2.45) is 0 Å². The molecule has 104 valence electrons. The van der Waals surface area contributed by atoms with E-state index in [9.17, 15) is 4.79 Å². The van der Waals surface area contributed by atoms with Gasteiger partial charge in [0.1, 0.15) is 0 Å². The number of ether oxygens (including phenoxy) is 1. The van der Waals surface area contributed by atoms with Crippen LogP contribution in [0.5, 0.6) is 0 Å². The standard InChI is InChI=1S/C12H13N5O3/c18-11(10-1-2-15-20-10)16-9-7-13-12(14-8-9)17-3-5-19-6-4-17/h1-2,7-8H,3-6H2,(H,16,18). The Balaban J connectivity index is 1.65. The topological polar surface area (TPSA) is 93.4 Å². The number of carbonyl (C=O) groups is 1. The third-order valence-corrected chi connectivity index (χ3v) is 2.85. The Kier molecular flexibility index (Phi) is 3.55. The zero-order valence-corrected chi connectivity index (χ0v) is 10.7. The number of amides is 1. The van der Waals surface area contributed by atoms with Gasteiger partial charge in [-0.05, 0) is 0 Å². The molecule has 1 fully saturated rings. The summed E-state index contributed by atoms with van der Waals surface area (Å²) in [6.45, 7) is 2.88. The number of anilines is 2. The first-order valence-electron chi connectivity index (χ1n) is 6.20. The van der Waals surface area contributed by atoms with Crippen molar-refractivity contribution < 1.29 is 14.1 Å². The van der Waals surface area contributed by atoms with E-state index in [-0.39, 0.29) is 11.7 Å². The smallest absolute Gasteiger partial charge is 0.294 e. The summed E-state index contributed by atoms with van der Waals surface area (Å²) in [5, 5.41) is 6.11. The first kappa shape index (κ1) is 12.5. The maximum absolute atomic E-state index is 11.7. The molecule has 3 heterocycles. The van der Waals surface area contributed by atoms with Crippen LogP contribution in [0.25, 0.3) is 0 Å². The molecule has 1 N–H and O–H groups in total. The molecular weight excluding hydrogens is 262 g/mol. The molecule has 1 aliphatic heterocycles. The van der Waals surface area contributed by atoms with Gasteiger partial charge in [0.2, 0.25) is 11.7 Å². The number of carbonyl (C=O) groups excluding carboxylic acids is 1. The maximum atomic E-state index is 11.7. The Morgan fingerprint density at radius 2 is 2.00 bits per heavy atom. The van der Waals surface area contributed by atoms with Gasteiger partial charge in [0.25, 0.3) is 5.91 Å². The Morgan fingerprint density at radius 3 is 2.65 bits per heavy atom. The third kappa shape index (κ3) is 2.75. The fourth-order valence-electron chi connectivity index (χ4n) is 1.84. The van der Waals surface area contributed by atoms with Gasteiger partial charge in [0, 0.05) is 19.2 Å². The monoisotopic (exact) mass is 275 g/mol. The molecule has 3 rings (SSSR count). The SMILES string of the molecule is O=C(Nc1cnc(N2CCOCC2)nc1)c1ccno1. The van der Waals surface area contributed by atoms with Crippen LogP contribution in [-0.4, -0.2) is 47.3 Å². The van der Waals surface area contributed by atoms with E-state index >= 15 is 0 Å². The van der Waals surface area contributed by atoms with E-state index in [0.29, 0.717) is 24.8 Å². The molecule has 1 amide bonds. The van der Waals surface area contributed by atoms with Crippen molar-refractivity contribution in [1.29, 1.82) is 0 Å². The molecule has 8 nitrogen and oxygen atoms in total. The highest BCUT2D eigenvalue weighted by Gasteiger charge is 2.14. The zero-order valence-electron chi connectivity index (χ0n) is 10.7. The minimum Gasteiger partial charge on any atom is -0.378 e. The third-order valence-electron chi connectivity index (χ3n) is 2.85. The van der Waals surface area contributed by atoms with Gasteiger partial charge in [-0.25, -0.2) is 9.97 Å². The van der Waals surface area contributed by atoms with Crippen molar-refractivity contribution in [3.8, 4) is 0 Å². The lowest BCUT2D eigenvalue weighted by atomic mass is 10.4. The molecular formula is C12H13N5O3. The second-order valence-electron chi connectivity index (χ2n) is 4.20. The van der Waals surface area contributed by atoms with Gasteiger partial charge >= 0.3 is 0 Å². The molecule has 1 aliphatic rings. The van der Waals surface area contributed by atoms with Crippen molar-refractivity contribution in [3.63, 3.8) is 0 Å². The lowest BCUT2D eigenvalue weighted by Crippen LogP contribution is -2.37. The Hall–Kier alpha value is -2.48. The molecule has 0 spiro atoms. The van der Waals surface area contributed by atoms with Crippen LogP contribution < -0.4 is 10.2 Å². The Morgan fingerprint density at radius 1 is 1.25 bits per heavy atom. The minimum absolute atomic E-state index is 0.141. The predicted molar refractivity (Wildman–Crippen MR) is 69.5 cm³/mol. The van der Waals surface area contributed by atoms with Crippen molar-refractivity contribution in [2.45, 2.75) is 0 Å². The lowest BCUT2D eigenvalue weighted by molar-refractivity contribution is 0.0988. The minimum atomic E-state index is -0.384. The van der Waals surface area contributed by atoms with E-state index in [0.717, 1.165) is 13.1 Å². The van der Waals surface area contributed by atoms with Crippen LogP contribution in [-0.2, 0) is 4.74 Å². The molecule has 0 radical (unpaired) electrons. The van der Waals surface area contributed by atoms with Crippen LogP contribution in [0.3, 0.4) is 0 Å². The van der Waals surface area contributed by atoms with Gasteiger partial charge in [-0.2, -0.15) is 0 Å². The molecule has 2 aromatic rings. The summed E-state index contributed by atoms with van der Waals surface area (Å²) < 4.78 is 10.0. The summed E-state index contributed by atoms with van der Waals surface area (Å²) in [6.07, 6.45) is 4.53. The maximum Gasteiger partial charge on any atom is 0.294 e. The van der Waals surface area contributed by atoms with Crippen LogP contribution in [0.15, 0.2) is 29.2 Å². The normalized spacial score (nSPS) is 15.1. The summed E-state index contributed by atoms with van der Waals surface area (Å²) in [7, 11) is 0. The highest BCUT2D eigenvalue weighted by Crippen LogP contribution is 2.12. The molecule has 8 heteroatoms. The second kappa shape index (κ2) is 5.66. The number of nitrogens with zero attached hydrogens (tertiary/aromatic N) is 4. The molecule has 0 bridgehead atoms. The number of morpholine rings is 1. The molecule has 2 aromatic heterocycles. The van der Waals surface area contributed by atoms with Crippen LogP contribution in [0.1, 0.15) is 10.6 Å². The molecule has 20 heavy (non-hydrogen) atoms. The fourth-order valence-corrected chi connectivity index (χ4v) is 1.84. The number of hydrogen-bond acceptors (Lipinski definition) is 7. The molecule has 0 aromatic carbocycles. The van der Waals surface area contributed by atoms with Crippen LogP contribution >= 0.6 is 0 Å². The summed E-state index contributed by atoms with van der Waals surface area (Å²) in [5.41, 5.74) is 0.503. The quantitative estimate of drug-likeness (QED) is 0.874. The molecule has 0 unspecified atom stereocenters. The molecule has 0 atom stereocenters. The number of rotatable bonds is 3.